The predicted octanol–water partition coefficient (Wildman–Crippen LogP) is 4.20. The number of fused-ring (bicyclic) bond motifs is 3. The van der Waals surface area contributed by atoms with E-state index in [4.69, 9.17) is 11.6 Å². The maximum Gasteiger partial charge on any atom is 0.123 e. The molecule has 0 bridgehead atoms. The van der Waals surface area contributed by atoms with Crippen LogP contribution < -0.4 is 5.32 Å². The van der Waals surface area contributed by atoms with E-state index in [1.165, 1.54) is 11.6 Å². The molecule has 0 amide bonds. The Kier molecular flexibility index (Phi) is 2.98. The summed E-state index contributed by atoms with van der Waals surface area (Å²) in [5.74, 6) is -0.189. The standard InChI is InChI=1S/C17H14ClFN2/c18-11-3-1-10(2-4-11)16-17-13(7-8-20-16)14-9-12(19)5-6-15(14)21-17/h1-6,9,16,20-21H,7-8H2. The molecule has 0 fully saturated rings. The fourth-order valence-corrected chi connectivity index (χ4v) is 3.27. The highest BCUT2D eigenvalue weighted by Crippen LogP contribution is 2.34. The third-order valence-electron chi connectivity index (χ3n) is 4.12. The van der Waals surface area contributed by atoms with Crippen molar-refractivity contribution >= 4 is 22.5 Å². The number of hydrogen-bond donors (Lipinski definition) is 2. The van der Waals surface area contributed by atoms with E-state index in [0.717, 1.165) is 40.1 Å². The molecular weight excluding hydrogens is 287 g/mol. The van der Waals surface area contributed by atoms with Crippen LogP contribution in [0.15, 0.2) is 42.5 Å². The van der Waals surface area contributed by atoms with Crippen LogP contribution in [0.5, 0.6) is 0 Å². The Labute approximate surface area is 126 Å². The smallest absolute Gasteiger partial charge is 0.123 e. The number of aromatic amines is 1. The Bertz CT molecular complexity index is 808. The summed E-state index contributed by atoms with van der Waals surface area (Å²) in [6.45, 7) is 0.879. The summed E-state index contributed by atoms with van der Waals surface area (Å²) in [6.07, 6.45) is 0.906. The molecule has 0 saturated heterocycles. The number of benzene rings is 2. The summed E-state index contributed by atoms with van der Waals surface area (Å²) in [4.78, 5) is 3.44. The van der Waals surface area contributed by atoms with Crippen molar-refractivity contribution in [3.63, 3.8) is 0 Å². The molecule has 3 aromatic rings. The lowest BCUT2D eigenvalue weighted by molar-refractivity contribution is 0.560. The van der Waals surface area contributed by atoms with E-state index in [9.17, 15) is 4.39 Å². The number of rotatable bonds is 1. The molecule has 0 aliphatic carbocycles. The van der Waals surface area contributed by atoms with Gasteiger partial charge in [0.2, 0.25) is 0 Å². The Morgan fingerprint density at radius 3 is 2.71 bits per heavy atom. The van der Waals surface area contributed by atoms with Gasteiger partial charge in [0, 0.05) is 28.2 Å². The molecule has 1 aromatic heterocycles. The maximum atomic E-state index is 13.5. The molecule has 0 radical (unpaired) electrons. The van der Waals surface area contributed by atoms with Gasteiger partial charge < -0.3 is 10.3 Å². The third kappa shape index (κ3) is 2.13. The molecule has 106 valence electrons. The summed E-state index contributed by atoms with van der Waals surface area (Å²) in [6, 6.07) is 12.9. The van der Waals surface area contributed by atoms with Gasteiger partial charge in [0.15, 0.2) is 0 Å². The van der Waals surface area contributed by atoms with Crippen LogP contribution in [-0.4, -0.2) is 11.5 Å². The second-order valence-corrected chi connectivity index (χ2v) is 5.83. The van der Waals surface area contributed by atoms with E-state index in [-0.39, 0.29) is 11.9 Å². The fraction of sp³-hybridized carbons (Fsp3) is 0.176. The van der Waals surface area contributed by atoms with Gasteiger partial charge in [-0.05, 0) is 47.9 Å². The average molecular weight is 301 g/mol. The average Bonchev–Trinajstić information content (AvgIpc) is 2.86. The van der Waals surface area contributed by atoms with Crippen LogP contribution in [0.25, 0.3) is 10.9 Å². The van der Waals surface area contributed by atoms with Gasteiger partial charge in [-0.2, -0.15) is 0 Å². The summed E-state index contributed by atoms with van der Waals surface area (Å²) in [5.41, 5.74) is 4.49. The molecule has 21 heavy (non-hydrogen) atoms. The van der Waals surface area contributed by atoms with E-state index in [2.05, 4.69) is 10.3 Å². The quantitative estimate of drug-likeness (QED) is 0.693. The first kappa shape index (κ1) is 12.9. The van der Waals surface area contributed by atoms with Crippen LogP contribution in [0.4, 0.5) is 4.39 Å². The summed E-state index contributed by atoms with van der Waals surface area (Å²) >= 11 is 5.96. The first-order valence-corrected chi connectivity index (χ1v) is 7.39. The Morgan fingerprint density at radius 1 is 1.10 bits per heavy atom. The molecule has 0 spiro atoms. The van der Waals surface area contributed by atoms with Gasteiger partial charge >= 0.3 is 0 Å². The Hall–Kier alpha value is -1.84. The van der Waals surface area contributed by atoms with Crippen LogP contribution in [0.1, 0.15) is 22.9 Å². The lowest BCUT2D eigenvalue weighted by Crippen LogP contribution is -2.30. The maximum absolute atomic E-state index is 13.5. The van der Waals surface area contributed by atoms with Gasteiger partial charge in [-0.1, -0.05) is 23.7 Å². The van der Waals surface area contributed by atoms with Crippen LogP contribution in [0, 0.1) is 5.82 Å². The number of hydrogen-bond acceptors (Lipinski definition) is 1. The van der Waals surface area contributed by atoms with Crippen molar-refractivity contribution in [2.75, 3.05) is 6.54 Å². The van der Waals surface area contributed by atoms with Crippen molar-refractivity contribution in [2.45, 2.75) is 12.5 Å². The minimum absolute atomic E-state index is 0.0986. The molecule has 1 unspecified atom stereocenters. The minimum Gasteiger partial charge on any atom is -0.357 e. The zero-order chi connectivity index (χ0) is 14.4. The van der Waals surface area contributed by atoms with Crippen molar-refractivity contribution in [1.82, 2.24) is 10.3 Å². The molecule has 2 aromatic carbocycles. The molecule has 4 rings (SSSR count). The molecule has 2 heterocycles. The monoisotopic (exact) mass is 300 g/mol. The largest absolute Gasteiger partial charge is 0.357 e. The van der Waals surface area contributed by atoms with E-state index in [1.807, 2.05) is 30.3 Å². The van der Waals surface area contributed by atoms with Crippen molar-refractivity contribution < 1.29 is 4.39 Å². The molecular formula is C17H14ClFN2. The van der Waals surface area contributed by atoms with Gasteiger partial charge in [-0.15, -0.1) is 0 Å². The van der Waals surface area contributed by atoms with Gasteiger partial charge in [-0.25, -0.2) is 4.39 Å². The summed E-state index contributed by atoms with van der Waals surface area (Å²) < 4.78 is 13.5. The normalized spacial score (nSPS) is 17.9. The van der Waals surface area contributed by atoms with Crippen molar-refractivity contribution in [2.24, 2.45) is 0 Å². The van der Waals surface area contributed by atoms with E-state index in [1.54, 1.807) is 6.07 Å². The minimum atomic E-state index is -0.189. The van der Waals surface area contributed by atoms with Crippen LogP contribution >= 0.6 is 11.6 Å². The van der Waals surface area contributed by atoms with Crippen molar-refractivity contribution in [3.05, 3.63) is 70.1 Å². The molecule has 4 heteroatoms. The lowest BCUT2D eigenvalue weighted by atomic mass is 9.94. The molecule has 1 aliphatic rings. The number of halogens is 2. The first-order chi connectivity index (χ1) is 10.2. The Balaban J connectivity index is 1.88. The van der Waals surface area contributed by atoms with E-state index >= 15 is 0 Å². The van der Waals surface area contributed by atoms with E-state index in [0.29, 0.717) is 0 Å². The van der Waals surface area contributed by atoms with Crippen molar-refractivity contribution in [1.29, 1.82) is 0 Å². The first-order valence-electron chi connectivity index (χ1n) is 7.01. The SMILES string of the molecule is Fc1ccc2[nH]c3c(c2c1)CCNC3c1ccc(Cl)cc1. The van der Waals surface area contributed by atoms with Crippen molar-refractivity contribution in [3.8, 4) is 0 Å². The second kappa shape index (κ2) is 4.86. The Morgan fingerprint density at radius 2 is 1.90 bits per heavy atom. The highest BCUT2D eigenvalue weighted by molar-refractivity contribution is 6.30. The summed E-state index contributed by atoms with van der Waals surface area (Å²) in [7, 11) is 0. The van der Waals surface area contributed by atoms with Gasteiger partial charge in [0.05, 0.1) is 6.04 Å². The molecule has 0 saturated carbocycles. The van der Waals surface area contributed by atoms with Gasteiger partial charge in [0.1, 0.15) is 5.82 Å². The summed E-state index contributed by atoms with van der Waals surface area (Å²) in [5, 5.41) is 5.24. The lowest BCUT2D eigenvalue weighted by Gasteiger charge is -2.24. The van der Waals surface area contributed by atoms with Crippen LogP contribution in [0.2, 0.25) is 5.02 Å². The number of nitrogens with one attached hydrogen (secondary N) is 2. The zero-order valence-electron chi connectivity index (χ0n) is 11.3. The zero-order valence-corrected chi connectivity index (χ0v) is 12.0. The number of H-pyrrole nitrogens is 1. The highest BCUT2D eigenvalue weighted by Gasteiger charge is 2.25. The molecule has 2 N–H and O–H groups in total. The molecule has 1 atom stereocenters. The number of aromatic nitrogens is 1. The predicted molar refractivity (Wildman–Crippen MR) is 83.3 cm³/mol. The van der Waals surface area contributed by atoms with Gasteiger partial charge in [-0.3, -0.25) is 0 Å². The topological polar surface area (TPSA) is 27.8 Å². The molecule has 1 aliphatic heterocycles. The molecule has 2 nitrogen and oxygen atoms in total. The van der Waals surface area contributed by atoms with E-state index < -0.39 is 0 Å². The van der Waals surface area contributed by atoms with Gasteiger partial charge in [0.25, 0.3) is 0 Å². The van der Waals surface area contributed by atoms with Crippen LogP contribution in [-0.2, 0) is 6.42 Å². The fourth-order valence-electron chi connectivity index (χ4n) is 3.14. The highest BCUT2D eigenvalue weighted by atomic mass is 35.5. The third-order valence-corrected chi connectivity index (χ3v) is 4.37. The van der Waals surface area contributed by atoms with Crippen LogP contribution in [0.3, 0.4) is 0 Å². The second-order valence-electron chi connectivity index (χ2n) is 5.40.